The van der Waals surface area contributed by atoms with E-state index in [1.54, 1.807) is 0 Å². The summed E-state index contributed by atoms with van der Waals surface area (Å²) in [5.41, 5.74) is 32.0. The lowest BCUT2D eigenvalue weighted by Crippen LogP contribution is -1.97. The van der Waals surface area contributed by atoms with Gasteiger partial charge in [-0.2, -0.15) is 0 Å². The molecule has 126 heavy (non-hydrogen) atoms. The summed E-state index contributed by atoms with van der Waals surface area (Å²) in [7, 11) is 0. The molecular formula is C118H76N8. The number of hydrogen-bond donors (Lipinski definition) is 0. The molecule has 0 aliphatic carbocycles. The van der Waals surface area contributed by atoms with Gasteiger partial charge in [-0.3, -0.25) is 0 Å². The lowest BCUT2D eigenvalue weighted by molar-refractivity contribution is 1.16. The molecule has 0 radical (unpaired) electrons. The summed E-state index contributed by atoms with van der Waals surface area (Å²) in [4.78, 5) is 30.9. The van der Waals surface area contributed by atoms with Crippen molar-refractivity contribution >= 4 is 87.0 Å². The lowest BCUT2D eigenvalue weighted by Gasteiger charge is -2.14. The van der Waals surface area contributed by atoms with Crippen molar-refractivity contribution < 1.29 is 0 Å². The van der Waals surface area contributed by atoms with Crippen molar-refractivity contribution in [3.8, 4) is 146 Å². The van der Waals surface area contributed by atoms with Gasteiger partial charge in [-0.25, -0.2) is 29.9 Å². The molecule has 6 heterocycles. The Morgan fingerprint density at radius 1 is 0.151 bits per heavy atom. The largest absolute Gasteiger partial charge is 0.309 e. The highest BCUT2D eigenvalue weighted by Gasteiger charge is 2.22. The van der Waals surface area contributed by atoms with E-state index in [0.717, 1.165) is 145 Å². The molecule has 0 aliphatic heterocycles. The zero-order valence-corrected chi connectivity index (χ0v) is 68.5. The number of fused-ring (bicyclic) bond motifs is 12. The van der Waals surface area contributed by atoms with Gasteiger partial charge in [-0.05, 0) is 117 Å². The quantitative estimate of drug-likeness (QED) is 0.101. The van der Waals surface area contributed by atoms with Crippen LogP contribution in [0.1, 0.15) is 0 Å². The van der Waals surface area contributed by atoms with Crippen molar-refractivity contribution in [3.63, 3.8) is 0 Å². The highest BCUT2D eigenvalue weighted by atomic mass is 15.0. The second-order valence-electron chi connectivity index (χ2n) is 31.9. The molecule has 0 spiro atoms. The van der Waals surface area contributed by atoms with Crippen molar-refractivity contribution in [1.29, 1.82) is 0 Å². The number of rotatable bonds is 14. The minimum absolute atomic E-state index is 0.693. The number of para-hydroxylation sites is 6. The summed E-state index contributed by atoms with van der Waals surface area (Å²) in [6, 6.07) is 163. The van der Waals surface area contributed by atoms with E-state index >= 15 is 0 Å². The fraction of sp³-hybridized carbons (Fsp3) is 0. The van der Waals surface area contributed by atoms with Crippen LogP contribution in [-0.2, 0) is 0 Å². The van der Waals surface area contributed by atoms with Crippen LogP contribution in [-0.4, -0.2) is 39.0 Å². The molecule has 0 fully saturated rings. The average Bonchev–Trinajstić information content (AvgIpc) is 1.09. The molecule has 0 atom stereocenters. The van der Waals surface area contributed by atoms with Crippen molar-refractivity contribution in [2.45, 2.75) is 0 Å². The van der Waals surface area contributed by atoms with Gasteiger partial charge in [-0.15, -0.1) is 0 Å². The first kappa shape index (κ1) is 74.1. The molecule has 24 aromatic rings. The molecule has 8 nitrogen and oxygen atoms in total. The number of benzene rings is 18. The third-order valence-corrected chi connectivity index (χ3v) is 24.5. The predicted octanol–water partition coefficient (Wildman–Crippen LogP) is 30.6. The number of aromatic nitrogens is 8. The maximum atomic E-state index is 5.18. The maximum absolute atomic E-state index is 5.18. The molecule has 8 heteroatoms. The van der Waals surface area contributed by atoms with Crippen molar-refractivity contribution in [2.24, 2.45) is 0 Å². The van der Waals surface area contributed by atoms with Crippen LogP contribution in [0.2, 0.25) is 0 Å². The minimum Gasteiger partial charge on any atom is -0.309 e. The number of hydrogen-bond acceptors (Lipinski definition) is 6. The van der Waals surface area contributed by atoms with Gasteiger partial charge in [0.25, 0.3) is 0 Å². The zero-order valence-electron chi connectivity index (χ0n) is 68.5. The van der Waals surface area contributed by atoms with Crippen molar-refractivity contribution in [2.75, 3.05) is 0 Å². The van der Waals surface area contributed by atoms with Crippen LogP contribution in [0.5, 0.6) is 0 Å². The summed E-state index contributed by atoms with van der Waals surface area (Å²) >= 11 is 0. The molecule has 0 aliphatic rings. The first-order chi connectivity index (χ1) is 62.5. The van der Waals surface area contributed by atoms with Gasteiger partial charge in [0.1, 0.15) is 0 Å². The summed E-state index contributed by atoms with van der Waals surface area (Å²) in [5, 5.41) is 12.0. The maximum Gasteiger partial charge on any atom is 0.160 e. The van der Waals surface area contributed by atoms with E-state index in [0.29, 0.717) is 11.6 Å². The molecule has 588 valence electrons. The first-order valence-electron chi connectivity index (χ1n) is 42.7. The van der Waals surface area contributed by atoms with Crippen molar-refractivity contribution in [3.05, 3.63) is 461 Å². The van der Waals surface area contributed by atoms with Gasteiger partial charge in [0.05, 0.1) is 67.3 Å². The van der Waals surface area contributed by atoms with Crippen LogP contribution < -0.4 is 0 Å². The molecule has 6 aromatic heterocycles. The monoisotopic (exact) mass is 1600 g/mol. The van der Waals surface area contributed by atoms with Gasteiger partial charge in [0.2, 0.25) is 0 Å². The fourth-order valence-corrected chi connectivity index (χ4v) is 18.4. The van der Waals surface area contributed by atoms with Crippen LogP contribution >= 0.6 is 0 Å². The fourth-order valence-electron chi connectivity index (χ4n) is 18.4. The third-order valence-electron chi connectivity index (χ3n) is 24.5. The van der Waals surface area contributed by atoms with Crippen LogP contribution in [0.3, 0.4) is 0 Å². The summed E-state index contributed by atoms with van der Waals surface area (Å²) in [6.07, 6.45) is 0. The van der Waals surface area contributed by atoms with Gasteiger partial charge >= 0.3 is 0 Å². The zero-order chi connectivity index (χ0) is 83.4. The van der Waals surface area contributed by atoms with Gasteiger partial charge < -0.3 is 9.13 Å². The Morgan fingerprint density at radius 2 is 0.421 bits per heavy atom. The molecule has 0 saturated heterocycles. The van der Waals surface area contributed by atoms with E-state index in [4.69, 9.17) is 29.9 Å². The standard InChI is InChI=1S/2C59H38N4/c1-3-15-43(16-4-1)58-51-25-14-24-47(57(51)50-23-7-10-26-52(50)60-58)41-33-29-39(30-34-41)40-31-35-42(36-32-40)53-38-54(62-59(61-53)44-17-5-2-6-18-44)45-19-13-20-46(37-45)63-55-27-11-8-21-48(55)49-22-9-12-28-56(49)63;1-3-14-44(15-4-1)58-51-22-13-21-47(57(51)50-20-7-10-23-52(50)60-58)41-30-26-39(27-31-41)40-28-32-42(33-29-40)53-38-54(62-59(61-53)45-16-5-2-6-17-45)43-34-36-46(37-35-43)63-55-24-11-8-18-48(55)49-19-9-12-25-56(49)63/h2*1-38H. The average molecular weight is 1610 g/mol. The summed E-state index contributed by atoms with van der Waals surface area (Å²) < 4.78 is 4.69. The minimum atomic E-state index is 0.693. The molecule has 18 aromatic carbocycles. The molecule has 0 amide bonds. The predicted molar refractivity (Wildman–Crippen MR) is 524 cm³/mol. The number of nitrogens with zero attached hydrogens (tertiary/aromatic N) is 8. The Labute approximate surface area is 728 Å². The van der Waals surface area contributed by atoms with E-state index in [1.807, 2.05) is 36.4 Å². The summed E-state index contributed by atoms with van der Waals surface area (Å²) in [6.45, 7) is 0. The molecule has 0 N–H and O–H groups in total. The molecule has 24 rings (SSSR count). The van der Waals surface area contributed by atoms with E-state index in [2.05, 4.69) is 434 Å². The van der Waals surface area contributed by atoms with E-state index in [1.165, 1.54) is 76.6 Å². The van der Waals surface area contributed by atoms with E-state index in [9.17, 15) is 0 Å². The summed E-state index contributed by atoms with van der Waals surface area (Å²) in [5.74, 6) is 1.39. The Kier molecular flexibility index (Phi) is 18.8. The van der Waals surface area contributed by atoms with E-state index in [-0.39, 0.29) is 0 Å². The third kappa shape index (κ3) is 13.6. The Bertz CT molecular complexity index is 8150. The van der Waals surface area contributed by atoms with Gasteiger partial charge in [-0.1, -0.05) is 388 Å². The smallest absolute Gasteiger partial charge is 0.160 e. The Hall–Kier alpha value is -16.9. The highest BCUT2D eigenvalue weighted by Crippen LogP contribution is 2.44. The SMILES string of the molecule is c1ccc(-c2nc(-c3ccc(-c4ccc(-c5cccc6c(-c7ccccc7)nc7ccccc7c56)cc4)cc3)cc(-c3ccc(-n4c5ccccc5c5ccccc54)cc3)n2)cc1.c1ccc(-c2nc(-c3ccc(-c4ccc(-c5cccc6c(-c7ccccc7)nc7ccccc7c56)cc4)cc3)cc(-c3cccc(-n4c5ccccc5c5ccccc54)c3)n2)cc1. The first-order valence-corrected chi connectivity index (χ1v) is 42.7. The van der Waals surface area contributed by atoms with Crippen molar-refractivity contribution in [1.82, 2.24) is 39.0 Å². The number of pyridine rings is 2. The molecule has 0 bridgehead atoms. The highest BCUT2D eigenvalue weighted by molar-refractivity contribution is 6.19. The van der Waals surface area contributed by atoms with E-state index < -0.39 is 0 Å². The topological polar surface area (TPSA) is 87.2 Å². The molecule has 0 unspecified atom stereocenters. The van der Waals surface area contributed by atoms with Crippen LogP contribution in [0.15, 0.2) is 461 Å². The molecule has 0 saturated carbocycles. The second-order valence-corrected chi connectivity index (χ2v) is 31.9. The van der Waals surface area contributed by atoms with Crippen LogP contribution in [0.25, 0.3) is 233 Å². The normalized spacial score (nSPS) is 11.5. The van der Waals surface area contributed by atoms with Gasteiger partial charge in [0, 0.05) is 110 Å². The van der Waals surface area contributed by atoms with Gasteiger partial charge in [0.15, 0.2) is 11.6 Å². The lowest BCUT2D eigenvalue weighted by atomic mass is 9.92. The van der Waals surface area contributed by atoms with Crippen LogP contribution in [0, 0.1) is 0 Å². The van der Waals surface area contributed by atoms with Crippen LogP contribution in [0.4, 0.5) is 0 Å². The Morgan fingerprint density at radius 3 is 0.794 bits per heavy atom. The second kappa shape index (κ2) is 31.9. The molecular weight excluding hydrogens is 1530 g/mol. The Balaban J connectivity index is 0.000000145.